The molecule has 0 radical (unpaired) electrons. The lowest BCUT2D eigenvalue weighted by Gasteiger charge is -2.33. The second-order valence-corrected chi connectivity index (χ2v) is 7.38. The number of fused-ring (bicyclic) bond motifs is 1. The van der Waals surface area contributed by atoms with E-state index in [1.807, 2.05) is 12.1 Å². The number of aryl methyl sites for hydroxylation is 2. The Bertz CT molecular complexity index is 1030. The molecule has 1 amide bonds. The molecule has 152 valence electrons. The number of halogens is 1. The van der Waals surface area contributed by atoms with Crippen molar-refractivity contribution in [2.24, 2.45) is 0 Å². The van der Waals surface area contributed by atoms with Gasteiger partial charge in [-0.25, -0.2) is 4.39 Å². The van der Waals surface area contributed by atoms with E-state index in [1.165, 1.54) is 6.07 Å². The van der Waals surface area contributed by atoms with Crippen LogP contribution in [0.25, 0.3) is 5.65 Å². The standard InChI is InChI=1S/C20H24FN7O/c1-14-3-4-15(13-16(14)21)22-20(29)8-7-18-24-23-17-5-6-19(25-28(17)18)27-11-9-26(2)10-12-27/h3-6,13H,7-12H2,1-2H3,(H,22,29). The molecule has 29 heavy (non-hydrogen) atoms. The molecule has 1 aliphatic heterocycles. The van der Waals surface area contributed by atoms with Crippen LogP contribution < -0.4 is 10.2 Å². The first-order chi connectivity index (χ1) is 14.0. The topological polar surface area (TPSA) is 78.7 Å². The molecule has 0 unspecified atom stereocenters. The molecule has 0 atom stereocenters. The maximum absolute atomic E-state index is 13.6. The normalized spacial score (nSPS) is 15.1. The number of carbonyl (C=O) groups excluding carboxylic acids is 1. The summed E-state index contributed by atoms with van der Waals surface area (Å²) in [4.78, 5) is 16.8. The molecule has 0 aliphatic carbocycles. The van der Waals surface area contributed by atoms with Crippen LogP contribution in [0.4, 0.5) is 15.9 Å². The molecule has 1 saturated heterocycles. The van der Waals surface area contributed by atoms with Gasteiger partial charge in [-0.15, -0.1) is 15.3 Å². The van der Waals surface area contributed by atoms with Crippen molar-refractivity contribution in [3.63, 3.8) is 0 Å². The average molecular weight is 397 g/mol. The molecule has 2 aromatic heterocycles. The predicted molar refractivity (Wildman–Crippen MR) is 109 cm³/mol. The van der Waals surface area contributed by atoms with Crippen LogP contribution in [-0.4, -0.2) is 63.8 Å². The third kappa shape index (κ3) is 4.34. The number of carbonyl (C=O) groups is 1. The first-order valence-electron chi connectivity index (χ1n) is 9.70. The van der Waals surface area contributed by atoms with Gasteiger partial charge in [0.2, 0.25) is 5.91 Å². The molecule has 3 heterocycles. The summed E-state index contributed by atoms with van der Waals surface area (Å²) in [6.07, 6.45) is 0.594. The largest absolute Gasteiger partial charge is 0.353 e. The summed E-state index contributed by atoms with van der Waals surface area (Å²) in [7, 11) is 2.11. The summed E-state index contributed by atoms with van der Waals surface area (Å²) in [5, 5.41) is 15.7. The van der Waals surface area contributed by atoms with Crippen molar-refractivity contribution in [1.82, 2.24) is 24.7 Å². The Labute approximate surface area is 168 Å². The summed E-state index contributed by atoms with van der Waals surface area (Å²) >= 11 is 0. The Morgan fingerprint density at radius 3 is 2.69 bits per heavy atom. The van der Waals surface area contributed by atoms with Crippen molar-refractivity contribution in [2.75, 3.05) is 43.4 Å². The summed E-state index contributed by atoms with van der Waals surface area (Å²) in [6.45, 7) is 5.51. The van der Waals surface area contributed by atoms with Gasteiger partial charge in [0, 0.05) is 44.7 Å². The van der Waals surface area contributed by atoms with Crippen molar-refractivity contribution >= 4 is 23.1 Å². The predicted octanol–water partition coefficient (Wildman–Crippen LogP) is 1.89. The third-order valence-electron chi connectivity index (χ3n) is 5.17. The van der Waals surface area contributed by atoms with E-state index in [1.54, 1.807) is 23.6 Å². The van der Waals surface area contributed by atoms with Crippen LogP contribution in [-0.2, 0) is 11.2 Å². The highest BCUT2D eigenvalue weighted by atomic mass is 19.1. The minimum atomic E-state index is -0.341. The van der Waals surface area contributed by atoms with E-state index in [0.29, 0.717) is 29.1 Å². The van der Waals surface area contributed by atoms with E-state index in [2.05, 4.69) is 37.5 Å². The first-order valence-corrected chi connectivity index (χ1v) is 9.70. The average Bonchev–Trinajstić information content (AvgIpc) is 3.12. The fourth-order valence-corrected chi connectivity index (χ4v) is 3.30. The molecule has 0 spiro atoms. The van der Waals surface area contributed by atoms with Gasteiger partial charge in [0.25, 0.3) is 0 Å². The zero-order valence-electron chi connectivity index (χ0n) is 16.6. The number of amides is 1. The van der Waals surface area contributed by atoms with Crippen LogP contribution in [0.15, 0.2) is 30.3 Å². The molecule has 3 aromatic rings. The van der Waals surface area contributed by atoms with Crippen molar-refractivity contribution in [3.05, 3.63) is 47.5 Å². The zero-order valence-corrected chi connectivity index (χ0v) is 16.6. The number of hydrogen-bond acceptors (Lipinski definition) is 6. The molecule has 0 bridgehead atoms. The monoisotopic (exact) mass is 397 g/mol. The number of nitrogens with zero attached hydrogens (tertiary/aromatic N) is 6. The van der Waals surface area contributed by atoms with Gasteiger partial charge in [-0.1, -0.05) is 6.07 Å². The molecule has 1 aromatic carbocycles. The van der Waals surface area contributed by atoms with Gasteiger partial charge in [0.1, 0.15) is 11.6 Å². The van der Waals surface area contributed by atoms with Gasteiger partial charge >= 0.3 is 0 Å². The highest BCUT2D eigenvalue weighted by Gasteiger charge is 2.17. The lowest BCUT2D eigenvalue weighted by Crippen LogP contribution is -2.45. The molecule has 1 N–H and O–H groups in total. The van der Waals surface area contributed by atoms with Crippen LogP contribution in [0.2, 0.25) is 0 Å². The Balaban J connectivity index is 1.43. The van der Waals surface area contributed by atoms with E-state index >= 15 is 0 Å². The fraction of sp³-hybridized carbons (Fsp3) is 0.400. The number of benzene rings is 1. The van der Waals surface area contributed by atoms with Crippen molar-refractivity contribution in [3.8, 4) is 0 Å². The SMILES string of the molecule is Cc1ccc(NC(=O)CCc2nnc3ccc(N4CCN(C)CC4)nn23)cc1F. The number of nitrogens with one attached hydrogen (secondary N) is 1. The Morgan fingerprint density at radius 1 is 1.14 bits per heavy atom. The summed E-state index contributed by atoms with van der Waals surface area (Å²) in [5.41, 5.74) is 1.64. The number of hydrogen-bond donors (Lipinski definition) is 1. The van der Waals surface area contributed by atoms with Crippen molar-refractivity contribution < 1.29 is 9.18 Å². The van der Waals surface area contributed by atoms with Crippen LogP contribution >= 0.6 is 0 Å². The quantitative estimate of drug-likeness (QED) is 0.709. The lowest BCUT2D eigenvalue weighted by atomic mass is 10.2. The van der Waals surface area contributed by atoms with Gasteiger partial charge in [-0.05, 0) is 43.8 Å². The van der Waals surface area contributed by atoms with Gasteiger partial charge in [0.15, 0.2) is 11.5 Å². The second-order valence-electron chi connectivity index (χ2n) is 7.38. The molecular formula is C20H24FN7O. The molecular weight excluding hydrogens is 373 g/mol. The highest BCUT2D eigenvalue weighted by Crippen LogP contribution is 2.16. The molecule has 4 rings (SSSR count). The molecule has 1 fully saturated rings. The van der Waals surface area contributed by atoms with E-state index in [4.69, 9.17) is 0 Å². The first kappa shape index (κ1) is 19.3. The van der Waals surface area contributed by atoms with Gasteiger partial charge in [-0.3, -0.25) is 4.79 Å². The number of anilines is 2. The minimum Gasteiger partial charge on any atom is -0.353 e. The van der Waals surface area contributed by atoms with Gasteiger partial charge < -0.3 is 15.1 Å². The number of piperazine rings is 1. The second kappa shape index (κ2) is 8.12. The Morgan fingerprint density at radius 2 is 1.93 bits per heavy atom. The van der Waals surface area contributed by atoms with Crippen LogP contribution in [0.1, 0.15) is 17.8 Å². The van der Waals surface area contributed by atoms with Crippen molar-refractivity contribution in [1.29, 1.82) is 0 Å². The molecule has 0 saturated carbocycles. The zero-order chi connectivity index (χ0) is 20.4. The lowest BCUT2D eigenvalue weighted by molar-refractivity contribution is -0.116. The highest BCUT2D eigenvalue weighted by molar-refractivity contribution is 5.90. The fourth-order valence-electron chi connectivity index (χ4n) is 3.30. The number of rotatable bonds is 5. The van der Waals surface area contributed by atoms with E-state index < -0.39 is 0 Å². The molecule has 8 nitrogen and oxygen atoms in total. The smallest absolute Gasteiger partial charge is 0.224 e. The van der Waals surface area contributed by atoms with Gasteiger partial charge in [-0.2, -0.15) is 4.52 Å². The van der Waals surface area contributed by atoms with Crippen molar-refractivity contribution in [2.45, 2.75) is 19.8 Å². The minimum absolute atomic E-state index is 0.205. The summed E-state index contributed by atoms with van der Waals surface area (Å²) < 4.78 is 15.3. The van der Waals surface area contributed by atoms with E-state index in [0.717, 1.165) is 32.0 Å². The van der Waals surface area contributed by atoms with Crippen LogP contribution in [0.3, 0.4) is 0 Å². The Kier molecular flexibility index (Phi) is 5.39. The Hall–Kier alpha value is -3.07. The van der Waals surface area contributed by atoms with Crippen LogP contribution in [0.5, 0.6) is 0 Å². The summed E-state index contributed by atoms with van der Waals surface area (Å²) in [6, 6.07) is 8.50. The van der Waals surface area contributed by atoms with Crippen LogP contribution in [0, 0.1) is 12.7 Å². The van der Waals surface area contributed by atoms with Gasteiger partial charge in [0.05, 0.1) is 0 Å². The van der Waals surface area contributed by atoms with E-state index in [9.17, 15) is 9.18 Å². The summed E-state index contributed by atoms with van der Waals surface area (Å²) in [5.74, 6) is 0.958. The van der Waals surface area contributed by atoms with E-state index in [-0.39, 0.29) is 18.1 Å². The molecule has 9 heteroatoms. The maximum atomic E-state index is 13.6. The third-order valence-corrected chi connectivity index (χ3v) is 5.17. The number of likely N-dealkylation sites (N-methyl/N-ethyl adjacent to an activating group) is 1. The number of aromatic nitrogens is 4. The molecule has 1 aliphatic rings. The maximum Gasteiger partial charge on any atom is 0.224 e.